The molecule has 8 nitrogen and oxygen atoms in total. The smallest absolute Gasteiger partial charge is 0.344 e. The van der Waals surface area contributed by atoms with Gasteiger partial charge in [-0.05, 0) is 44.5 Å². The van der Waals surface area contributed by atoms with Crippen LogP contribution in [0.15, 0.2) is 28.8 Å². The Morgan fingerprint density at radius 1 is 1.15 bits per heavy atom. The molecule has 0 aliphatic heterocycles. The normalized spacial score (nSPS) is 11.5. The number of amides is 2. The van der Waals surface area contributed by atoms with Gasteiger partial charge in [0.25, 0.3) is 5.91 Å². The van der Waals surface area contributed by atoms with E-state index < -0.39 is 18.0 Å². The van der Waals surface area contributed by atoms with Crippen molar-refractivity contribution in [2.45, 2.75) is 40.2 Å². The number of hydrogen-bond acceptors (Lipinski definition) is 6. The van der Waals surface area contributed by atoms with Crippen LogP contribution in [0.1, 0.15) is 42.6 Å². The Kier molecular flexibility index (Phi) is 6.11. The number of aromatic nitrogens is 1. The summed E-state index contributed by atoms with van der Waals surface area (Å²) in [6, 6.07) is 6.58. The second-order valence-electron chi connectivity index (χ2n) is 5.71. The molecule has 0 aliphatic rings. The van der Waals surface area contributed by atoms with Crippen molar-refractivity contribution < 1.29 is 23.6 Å². The second kappa shape index (κ2) is 8.28. The zero-order chi connectivity index (χ0) is 19.3. The Morgan fingerprint density at radius 3 is 2.27 bits per heavy atom. The summed E-state index contributed by atoms with van der Waals surface area (Å²) in [7, 11) is 0. The van der Waals surface area contributed by atoms with Gasteiger partial charge in [0.05, 0.1) is 5.69 Å². The molecule has 0 spiro atoms. The molecule has 1 atom stereocenters. The third kappa shape index (κ3) is 4.69. The van der Waals surface area contributed by atoms with E-state index in [-0.39, 0.29) is 11.5 Å². The van der Waals surface area contributed by atoms with Crippen molar-refractivity contribution in [1.29, 1.82) is 0 Å². The predicted octanol–water partition coefficient (Wildman–Crippen LogP) is 2.69. The summed E-state index contributed by atoms with van der Waals surface area (Å²) < 4.78 is 10.2. The highest BCUT2D eigenvalue weighted by Crippen LogP contribution is 2.17. The lowest BCUT2D eigenvalue weighted by atomic mass is 10.1. The zero-order valence-electron chi connectivity index (χ0n) is 15.1. The van der Waals surface area contributed by atoms with Crippen LogP contribution in [-0.2, 0) is 20.7 Å². The minimum Gasteiger partial charge on any atom is -0.449 e. The van der Waals surface area contributed by atoms with Crippen LogP contribution in [-0.4, -0.2) is 29.0 Å². The van der Waals surface area contributed by atoms with Crippen LogP contribution in [0.3, 0.4) is 0 Å². The van der Waals surface area contributed by atoms with E-state index in [1.54, 1.807) is 31.2 Å². The maximum atomic E-state index is 12.3. The van der Waals surface area contributed by atoms with E-state index >= 15 is 0 Å². The lowest BCUT2D eigenvalue weighted by molar-refractivity contribution is -0.123. The quantitative estimate of drug-likeness (QED) is 0.767. The Hall–Kier alpha value is -3.16. The molecule has 2 aromatic rings. The standard InChI is InChI=1S/C18H21N3O5/c1-5-15-16(10(2)26-21-15)18(24)25-11(3)17(23)20-14-8-6-13(7-9-14)19-12(4)22/h6-9,11H,5H2,1-4H3,(H,19,22)(H,20,23)/t11-/m1/s1. The van der Waals surface area contributed by atoms with Gasteiger partial charge < -0.3 is 19.9 Å². The number of aryl methyl sites for hydroxylation is 2. The van der Waals surface area contributed by atoms with Crippen molar-refractivity contribution in [3.8, 4) is 0 Å². The third-order valence-corrected chi connectivity index (χ3v) is 3.60. The first-order valence-corrected chi connectivity index (χ1v) is 8.16. The SMILES string of the molecule is CCc1noc(C)c1C(=O)O[C@H](C)C(=O)Nc1ccc(NC(C)=O)cc1. The van der Waals surface area contributed by atoms with Gasteiger partial charge in [-0.3, -0.25) is 9.59 Å². The van der Waals surface area contributed by atoms with Gasteiger partial charge in [0.1, 0.15) is 11.3 Å². The molecule has 0 aliphatic carbocycles. The molecule has 26 heavy (non-hydrogen) atoms. The summed E-state index contributed by atoms with van der Waals surface area (Å²) in [5, 5.41) is 9.08. The van der Waals surface area contributed by atoms with Crippen LogP contribution in [0.25, 0.3) is 0 Å². The molecule has 0 radical (unpaired) electrons. The number of hydrogen-bond donors (Lipinski definition) is 2. The van der Waals surface area contributed by atoms with E-state index in [1.165, 1.54) is 13.8 Å². The molecule has 1 aromatic heterocycles. The van der Waals surface area contributed by atoms with Crippen LogP contribution < -0.4 is 10.6 Å². The molecule has 2 N–H and O–H groups in total. The number of nitrogens with one attached hydrogen (secondary N) is 2. The van der Waals surface area contributed by atoms with Crippen LogP contribution >= 0.6 is 0 Å². The van der Waals surface area contributed by atoms with Gasteiger partial charge in [0, 0.05) is 18.3 Å². The Morgan fingerprint density at radius 2 is 1.73 bits per heavy atom. The molecular weight excluding hydrogens is 338 g/mol. The molecule has 0 saturated heterocycles. The fourth-order valence-corrected chi connectivity index (χ4v) is 2.28. The van der Waals surface area contributed by atoms with Gasteiger partial charge in [-0.1, -0.05) is 12.1 Å². The second-order valence-corrected chi connectivity index (χ2v) is 5.71. The molecule has 0 fully saturated rings. The fraction of sp³-hybridized carbons (Fsp3) is 0.333. The third-order valence-electron chi connectivity index (χ3n) is 3.60. The van der Waals surface area contributed by atoms with Crippen molar-refractivity contribution >= 4 is 29.2 Å². The predicted molar refractivity (Wildman–Crippen MR) is 94.9 cm³/mol. The molecule has 0 bridgehead atoms. The minimum atomic E-state index is -1.00. The first-order valence-electron chi connectivity index (χ1n) is 8.16. The Bertz CT molecular complexity index is 811. The van der Waals surface area contributed by atoms with E-state index in [1.807, 2.05) is 6.92 Å². The molecular formula is C18H21N3O5. The van der Waals surface area contributed by atoms with E-state index in [2.05, 4.69) is 15.8 Å². The number of rotatable bonds is 6. The summed E-state index contributed by atoms with van der Waals surface area (Å²) in [5.41, 5.74) is 1.88. The molecule has 0 saturated carbocycles. The van der Waals surface area contributed by atoms with Crippen molar-refractivity contribution in [3.05, 3.63) is 41.3 Å². The summed E-state index contributed by atoms with van der Waals surface area (Å²) >= 11 is 0. The number of carbonyl (C=O) groups is 3. The fourth-order valence-electron chi connectivity index (χ4n) is 2.28. The molecule has 1 aromatic carbocycles. The Balaban J connectivity index is 1.98. The van der Waals surface area contributed by atoms with Gasteiger partial charge in [-0.2, -0.15) is 0 Å². The maximum absolute atomic E-state index is 12.3. The highest BCUT2D eigenvalue weighted by molar-refractivity contribution is 5.98. The highest BCUT2D eigenvalue weighted by atomic mass is 16.5. The number of benzene rings is 1. The van der Waals surface area contributed by atoms with Gasteiger partial charge in [-0.15, -0.1) is 0 Å². The maximum Gasteiger partial charge on any atom is 0.344 e. The van der Waals surface area contributed by atoms with Crippen LogP contribution in [0.5, 0.6) is 0 Å². The van der Waals surface area contributed by atoms with Crippen molar-refractivity contribution in [2.75, 3.05) is 10.6 Å². The average Bonchev–Trinajstić information content (AvgIpc) is 2.96. The van der Waals surface area contributed by atoms with Gasteiger partial charge in [0.15, 0.2) is 6.10 Å². The first-order chi connectivity index (χ1) is 12.3. The monoisotopic (exact) mass is 359 g/mol. The molecule has 2 amide bonds. The van der Waals surface area contributed by atoms with Gasteiger partial charge >= 0.3 is 5.97 Å². The van der Waals surface area contributed by atoms with Crippen LogP contribution in [0, 0.1) is 6.92 Å². The largest absolute Gasteiger partial charge is 0.449 e. The minimum absolute atomic E-state index is 0.183. The number of esters is 1. The number of ether oxygens (including phenoxy) is 1. The average molecular weight is 359 g/mol. The molecule has 2 rings (SSSR count). The lowest BCUT2D eigenvalue weighted by Gasteiger charge is -2.14. The van der Waals surface area contributed by atoms with Gasteiger partial charge in [0.2, 0.25) is 5.91 Å². The van der Waals surface area contributed by atoms with E-state index in [9.17, 15) is 14.4 Å². The summed E-state index contributed by atoms with van der Waals surface area (Å²) in [4.78, 5) is 35.5. The number of anilines is 2. The lowest BCUT2D eigenvalue weighted by Crippen LogP contribution is -2.30. The molecule has 1 heterocycles. The summed E-state index contributed by atoms with van der Waals surface area (Å²) in [6.07, 6.45) is -0.486. The zero-order valence-corrected chi connectivity index (χ0v) is 15.1. The van der Waals surface area contributed by atoms with E-state index in [4.69, 9.17) is 9.26 Å². The van der Waals surface area contributed by atoms with E-state index in [0.717, 1.165) is 0 Å². The first kappa shape index (κ1) is 19.2. The topological polar surface area (TPSA) is 111 Å². The molecule has 138 valence electrons. The van der Waals surface area contributed by atoms with Crippen LogP contribution in [0.2, 0.25) is 0 Å². The number of nitrogens with zero attached hydrogens (tertiary/aromatic N) is 1. The van der Waals surface area contributed by atoms with E-state index in [0.29, 0.717) is 29.2 Å². The summed E-state index contributed by atoms with van der Waals surface area (Å²) in [6.45, 7) is 6.35. The van der Waals surface area contributed by atoms with Crippen molar-refractivity contribution in [2.24, 2.45) is 0 Å². The Labute approximate surface area is 150 Å². The highest BCUT2D eigenvalue weighted by Gasteiger charge is 2.25. The summed E-state index contributed by atoms with van der Waals surface area (Å²) in [5.74, 6) is -0.951. The van der Waals surface area contributed by atoms with Gasteiger partial charge in [-0.25, -0.2) is 4.79 Å². The van der Waals surface area contributed by atoms with Crippen molar-refractivity contribution in [1.82, 2.24) is 5.16 Å². The molecule has 0 unspecified atom stereocenters. The molecule has 8 heteroatoms. The number of carbonyl (C=O) groups excluding carboxylic acids is 3. The van der Waals surface area contributed by atoms with Crippen LogP contribution in [0.4, 0.5) is 11.4 Å². The van der Waals surface area contributed by atoms with Crippen molar-refractivity contribution in [3.63, 3.8) is 0 Å².